The fraction of sp³-hybridized carbons (Fsp3) is 0.0833. The van der Waals surface area contributed by atoms with Gasteiger partial charge in [-0.3, -0.25) is 9.78 Å². The zero-order chi connectivity index (χ0) is 12.3. The second-order valence-electron chi connectivity index (χ2n) is 3.49. The SMILES string of the molecule is Cc1ccc(NC(=O)c2cccc(Br)n2)cn1. The number of carbonyl (C=O) groups is 1. The molecule has 0 radical (unpaired) electrons. The first-order valence-electron chi connectivity index (χ1n) is 5.02. The standard InChI is InChI=1S/C12H10BrN3O/c1-8-5-6-9(7-14-8)15-12(17)10-3-2-4-11(13)16-10/h2-7H,1H3,(H,15,17). The highest BCUT2D eigenvalue weighted by atomic mass is 79.9. The van der Waals surface area contributed by atoms with Gasteiger partial charge >= 0.3 is 0 Å². The number of rotatable bonds is 2. The van der Waals surface area contributed by atoms with E-state index in [0.717, 1.165) is 5.69 Å². The molecule has 5 heteroatoms. The van der Waals surface area contributed by atoms with Crippen LogP contribution in [0.3, 0.4) is 0 Å². The molecule has 1 amide bonds. The summed E-state index contributed by atoms with van der Waals surface area (Å²) in [7, 11) is 0. The van der Waals surface area contributed by atoms with Crippen molar-refractivity contribution in [3.05, 3.63) is 52.5 Å². The zero-order valence-corrected chi connectivity index (χ0v) is 10.7. The Bertz CT molecular complexity index is 540. The van der Waals surface area contributed by atoms with Crippen molar-refractivity contribution in [1.29, 1.82) is 0 Å². The first kappa shape index (κ1) is 11.7. The van der Waals surface area contributed by atoms with E-state index >= 15 is 0 Å². The van der Waals surface area contributed by atoms with Crippen LogP contribution in [-0.4, -0.2) is 15.9 Å². The Morgan fingerprint density at radius 3 is 2.76 bits per heavy atom. The monoisotopic (exact) mass is 291 g/mol. The number of halogens is 1. The summed E-state index contributed by atoms with van der Waals surface area (Å²) in [6, 6.07) is 8.83. The molecule has 2 aromatic heterocycles. The molecule has 0 saturated heterocycles. The van der Waals surface area contributed by atoms with Crippen LogP contribution in [0.2, 0.25) is 0 Å². The summed E-state index contributed by atoms with van der Waals surface area (Å²) >= 11 is 3.22. The van der Waals surface area contributed by atoms with Gasteiger partial charge < -0.3 is 5.32 Å². The molecule has 0 saturated carbocycles. The molecule has 0 unspecified atom stereocenters. The number of hydrogen-bond donors (Lipinski definition) is 1. The van der Waals surface area contributed by atoms with E-state index < -0.39 is 0 Å². The lowest BCUT2D eigenvalue weighted by Crippen LogP contribution is -2.13. The summed E-state index contributed by atoms with van der Waals surface area (Å²) in [5.41, 5.74) is 1.92. The van der Waals surface area contributed by atoms with Crippen LogP contribution in [0.1, 0.15) is 16.2 Å². The average molecular weight is 292 g/mol. The predicted molar refractivity (Wildman–Crippen MR) is 68.9 cm³/mol. The smallest absolute Gasteiger partial charge is 0.274 e. The van der Waals surface area contributed by atoms with Crippen LogP contribution in [0.5, 0.6) is 0 Å². The first-order valence-corrected chi connectivity index (χ1v) is 5.81. The number of nitrogens with zero attached hydrogens (tertiary/aromatic N) is 2. The van der Waals surface area contributed by atoms with E-state index in [1.165, 1.54) is 0 Å². The van der Waals surface area contributed by atoms with Gasteiger partial charge in [0.15, 0.2) is 0 Å². The highest BCUT2D eigenvalue weighted by molar-refractivity contribution is 9.10. The van der Waals surface area contributed by atoms with E-state index in [1.54, 1.807) is 30.5 Å². The van der Waals surface area contributed by atoms with Gasteiger partial charge in [-0.1, -0.05) is 6.07 Å². The van der Waals surface area contributed by atoms with Gasteiger partial charge in [0.2, 0.25) is 0 Å². The van der Waals surface area contributed by atoms with Gasteiger partial charge in [0.25, 0.3) is 5.91 Å². The third-order valence-electron chi connectivity index (χ3n) is 2.12. The van der Waals surface area contributed by atoms with Crippen molar-refractivity contribution in [2.75, 3.05) is 5.32 Å². The normalized spacial score (nSPS) is 10.0. The Balaban J connectivity index is 2.14. The van der Waals surface area contributed by atoms with E-state index in [0.29, 0.717) is 16.0 Å². The van der Waals surface area contributed by atoms with Crippen LogP contribution in [0.15, 0.2) is 41.1 Å². The van der Waals surface area contributed by atoms with E-state index in [-0.39, 0.29) is 5.91 Å². The molecule has 2 rings (SSSR count). The maximum atomic E-state index is 11.8. The third kappa shape index (κ3) is 3.10. The zero-order valence-electron chi connectivity index (χ0n) is 9.14. The lowest BCUT2D eigenvalue weighted by atomic mass is 10.3. The first-order chi connectivity index (χ1) is 8.15. The van der Waals surface area contributed by atoms with Gasteiger partial charge in [-0.2, -0.15) is 0 Å². The Kier molecular flexibility index (Phi) is 3.49. The fourth-order valence-corrected chi connectivity index (χ4v) is 1.62. The summed E-state index contributed by atoms with van der Waals surface area (Å²) in [6.07, 6.45) is 1.62. The van der Waals surface area contributed by atoms with Gasteiger partial charge in [-0.05, 0) is 47.1 Å². The molecule has 2 aromatic rings. The number of hydrogen-bond acceptors (Lipinski definition) is 3. The molecule has 17 heavy (non-hydrogen) atoms. The second-order valence-corrected chi connectivity index (χ2v) is 4.30. The number of pyridine rings is 2. The van der Waals surface area contributed by atoms with Crippen molar-refractivity contribution in [2.45, 2.75) is 6.92 Å². The summed E-state index contributed by atoms with van der Waals surface area (Å²) < 4.78 is 0.632. The lowest BCUT2D eigenvalue weighted by Gasteiger charge is -2.04. The molecule has 0 atom stereocenters. The van der Waals surface area contributed by atoms with Gasteiger partial charge in [0.05, 0.1) is 11.9 Å². The molecule has 86 valence electrons. The Labute approximate surface area is 107 Å². The van der Waals surface area contributed by atoms with E-state index in [4.69, 9.17) is 0 Å². The van der Waals surface area contributed by atoms with Crippen LogP contribution in [-0.2, 0) is 0 Å². The Morgan fingerprint density at radius 1 is 1.29 bits per heavy atom. The molecule has 0 spiro atoms. The molecule has 4 nitrogen and oxygen atoms in total. The molecule has 0 bridgehead atoms. The molecular formula is C12H10BrN3O. The van der Waals surface area contributed by atoms with Crippen LogP contribution in [0.4, 0.5) is 5.69 Å². The molecule has 0 aliphatic rings. The fourth-order valence-electron chi connectivity index (χ4n) is 1.27. The van der Waals surface area contributed by atoms with Crippen LogP contribution < -0.4 is 5.32 Å². The number of carbonyl (C=O) groups excluding carboxylic acids is 1. The average Bonchev–Trinajstić information content (AvgIpc) is 2.32. The molecule has 2 heterocycles. The minimum absolute atomic E-state index is 0.253. The van der Waals surface area contributed by atoms with Gasteiger partial charge in [-0.15, -0.1) is 0 Å². The summed E-state index contributed by atoms with van der Waals surface area (Å²) in [5, 5.41) is 2.73. The quantitative estimate of drug-likeness (QED) is 0.866. The Hall–Kier alpha value is -1.75. The minimum Gasteiger partial charge on any atom is -0.319 e. The van der Waals surface area contributed by atoms with Gasteiger partial charge in [0.1, 0.15) is 10.3 Å². The molecule has 0 fully saturated rings. The Morgan fingerprint density at radius 2 is 2.12 bits per heavy atom. The number of nitrogens with one attached hydrogen (secondary N) is 1. The van der Waals surface area contributed by atoms with E-state index in [1.807, 2.05) is 13.0 Å². The highest BCUT2D eigenvalue weighted by Crippen LogP contribution is 2.10. The maximum absolute atomic E-state index is 11.8. The van der Waals surface area contributed by atoms with Crippen LogP contribution in [0.25, 0.3) is 0 Å². The molecular weight excluding hydrogens is 282 g/mol. The largest absolute Gasteiger partial charge is 0.319 e. The molecule has 0 aromatic carbocycles. The van der Waals surface area contributed by atoms with Crippen molar-refractivity contribution in [3.8, 4) is 0 Å². The van der Waals surface area contributed by atoms with Gasteiger partial charge in [-0.25, -0.2) is 4.98 Å². The topological polar surface area (TPSA) is 54.9 Å². The van der Waals surface area contributed by atoms with Crippen molar-refractivity contribution in [3.63, 3.8) is 0 Å². The van der Waals surface area contributed by atoms with Crippen molar-refractivity contribution in [2.24, 2.45) is 0 Å². The van der Waals surface area contributed by atoms with E-state index in [9.17, 15) is 4.79 Å². The van der Waals surface area contributed by atoms with Gasteiger partial charge in [0, 0.05) is 5.69 Å². The van der Waals surface area contributed by atoms with Crippen molar-refractivity contribution < 1.29 is 4.79 Å². The summed E-state index contributed by atoms with van der Waals surface area (Å²) in [6.45, 7) is 1.89. The highest BCUT2D eigenvalue weighted by Gasteiger charge is 2.07. The minimum atomic E-state index is -0.253. The van der Waals surface area contributed by atoms with E-state index in [2.05, 4.69) is 31.2 Å². The van der Waals surface area contributed by atoms with Crippen molar-refractivity contribution in [1.82, 2.24) is 9.97 Å². The second kappa shape index (κ2) is 5.05. The van der Waals surface area contributed by atoms with Crippen molar-refractivity contribution >= 4 is 27.5 Å². The number of amides is 1. The third-order valence-corrected chi connectivity index (χ3v) is 2.56. The molecule has 0 aliphatic heterocycles. The number of aryl methyl sites for hydroxylation is 1. The van der Waals surface area contributed by atoms with Crippen LogP contribution in [0, 0.1) is 6.92 Å². The molecule has 1 N–H and O–H groups in total. The number of anilines is 1. The van der Waals surface area contributed by atoms with Crippen LogP contribution >= 0.6 is 15.9 Å². The maximum Gasteiger partial charge on any atom is 0.274 e. The predicted octanol–water partition coefficient (Wildman–Crippen LogP) is 2.80. The molecule has 0 aliphatic carbocycles. The summed E-state index contributed by atoms with van der Waals surface area (Å²) in [5.74, 6) is -0.253. The summed E-state index contributed by atoms with van der Waals surface area (Å²) in [4.78, 5) is 20.0. The lowest BCUT2D eigenvalue weighted by molar-refractivity contribution is 0.102. The number of aromatic nitrogens is 2.